The predicted octanol–water partition coefficient (Wildman–Crippen LogP) is 7.53. The Kier molecular flexibility index (Phi) is 9.44. The van der Waals surface area contributed by atoms with Gasteiger partial charge in [0.2, 0.25) is 0 Å². The van der Waals surface area contributed by atoms with Crippen molar-refractivity contribution >= 4 is 22.5 Å². The van der Waals surface area contributed by atoms with Crippen molar-refractivity contribution in [2.24, 2.45) is 0 Å². The first kappa shape index (κ1) is 34.0. The SMILES string of the molecule is CC(C)(OB(O)OS(C)(=O)(CC(=O)c1ccccc1)c1ccccc1)C(c1ccc(F)cc1)(c1ccc(F)cc1)c1ccc(F)cc1. The van der Waals surface area contributed by atoms with E-state index in [1.165, 1.54) is 79.1 Å². The lowest BCUT2D eigenvalue weighted by molar-refractivity contribution is 0.0138. The molecule has 242 valence electrons. The normalized spacial score (nSPS) is 13.0. The summed E-state index contributed by atoms with van der Waals surface area (Å²) in [4.78, 5) is 13.6. The van der Waals surface area contributed by atoms with E-state index >= 15 is 4.21 Å². The molecular formula is C37H34BF3O5S. The molecule has 0 heterocycles. The lowest BCUT2D eigenvalue weighted by atomic mass is 9.60. The van der Waals surface area contributed by atoms with Gasteiger partial charge in [-0.3, -0.25) is 8.90 Å². The summed E-state index contributed by atoms with van der Waals surface area (Å²) in [5.74, 6) is -2.60. The van der Waals surface area contributed by atoms with Gasteiger partial charge in [0.05, 0.1) is 15.9 Å². The van der Waals surface area contributed by atoms with Crippen LogP contribution in [-0.4, -0.2) is 39.9 Å². The lowest BCUT2D eigenvalue weighted by Crippen LogP contribution is -2.56. The topological polar surface area (TPSA) is 72.8 Å². The molecule has 0 aromatic heterocycles. The third kappa shape index (κ3) is 6.87. The lowest BCUT2D eigenvalue weighted by Gasteiger charge is -2.50. The van der Waals surface area contributed by atoms with Crippen LogP contribution in [0, 0.1) is 17.5 Å². The summed E-state index contributed by atoms with van der Waals surface area (Å²) in [6.45, 7) is 3.25. The highest BCUT2D eigenvalue weighted by atomic mass is 32.3. The van der Waals surface area contributed by atoms with Crippen molar-refractivity contribution in [2.45, 2.75) is 29.8 Å². The van der Waals surface area contributed by atoms with Gasteiger partial charge in [0.25, 0.3) is 0 Å². The molecule has 5 rings (SSSR count). The molecule has 0 aliphatic heterocycles. The monoisotopic (exact) mass is 658 g/mol. The number of rotatable bonds is 12. The van der Waals surface area contributed by atoms with Crippen LogP contribution in [0.2, 0.25) is 0 Å². The zero-order valence-electron chi connectivity index (χ0n) is 26.1. The summed E-state index contributed by atoms with van der Waals surface area (Å²) in [7, 11) is -6.84. The summed E-state index contributed by atoms with van der Waals surface area (Å²) in [5.41, 5.74) is -1.32. The quantitative estimate of drug-likeness (QED) is 0.0853. The van der Waals surface area contributed by atoms with Crippen molar-refractivity contribution in [2.75, 3.05) is 12.0 Å². The molecule has 0 spiro atoms. The second-order valence-electron chi connectivity index (χ2n) is 12.0. The number of hydrogen-bond acceptors (Lipinski definition) is 5. The molecule has 5 aromatic carbocycles. The molecule has 1 N–H and O–H groups in total. The van der Waals surface area contributed by atoms with Crippen LogP contribution >= 0.6 is 0 Å². The Hall–Kier alpha value is -4.35. The summed E-state index contributed by atoms with van der Waals surface area (Å²) in [6, 6.07) is 33.0. The third-order valence-electron chi connectivity index (χ3n) is 8.36. The fourth-order valence-electron chi connectivity index (χ4n) is 6.17. The fraction of sp³-hybridized carbons (Fsp3) is 0.162. The minimum Gasteiger partial charge on any atom is -0.401 e. The van der Waals surface area contributed by atoms with E-state index in [2.05, 4.69) is 0 Å². The average Bonchev–Trinajstić information content (AvgIpc) is 3.04. The fourth-order valence-corrected chi connectivity index (χ4v) is 8.60. The largest absolute Gasteiger partial charge is 0.657 e. The molecule has 0 saturated carbocycles. The molecule has 0 unspecified atom stereocenters. The third-order valence-corrected chi connectivity index (χ3v) is 11.4. The van der Waals surface area contributed by atoms with E-state index < -0.39 is 56.7 Å². The second-order valence-corrected chi connectivity index (χ2v) is 15.8. The smallest absolute Gasteiger partial charge is 0.401 e. The number of ketones is 1. The van der Waals surface area contributed by atoms with Gasteiger partial charge in [0, 0.05) is 11.8 Å². The minimum atomic E-state index is -4.66. The summed E-state index contributed by atoms with van der Waals surface area (Å²) >= 11 is 0. The number of benzene rings is 5. The van der Waals surface area contributed by atoms with Crippen LogP contribution in [0.4, 0.5) is 13.2 Å². The van der Waals surface area contributed by atoms with Crippen LogP contribution in [0.15, 0.2) is 138 Å². The Balaban J connectivity index is 1.63. The van der Waals surface area contributed by atoms with Crippen LogP contribution in [0.25, 0.3) is 0 Å². The number of hydrogen-bond donors (Lipinski definition) is 1. The van der Waals surface area contributed by atoms with Gasteiger partial charge in [-0.2, -0.15) is 9.35 Å². The maximum absolute atomic E-state index is 15.0. The van der Waals surface area contributed by atoms with E-state index in [-0.39, 0.29) is 4.90 Å². The summed E-state index contributed by atoms with van der Waals surface area (Å²) in [5, 5.41) is 11.6. The highest BCUT2D eigenvalue weighted by Gasteiger charge is 2.53. The molecule has 5 nitrogen and oxygen atoms in total. The molecular weight excluding hydrogens is 624 g/mol. The maximum atomic E-state index is 15.0. The van der Waals surface area contributed by atoms with Crippen LogP contribution in [0.5, 0.6) is 0 Å². The number of carbonyl (C=O) groups is 1. The average molecular weight is 659 g/mol. The molecule has 0 amide bonds. The van der Waals surface area contributed by atoms with Crippen LogP contribution in [0.3, 0.4) is 0 Å². The Labute approximate surface area is 272 Å². The summed E-state index contributed by atoms with van der Waals surface area (Å²) < 4.78 is 70.1. The highest BCUT2D eigenvalue weighted by Crippen LogP contribution is 2.50. The van der Waals surface area contributed by atoms with E-state index in [1.54, 1.807) is 74.5 Å². The second kappa shape index (κ2) is 13.0. The highest BCUT2D eigenvalue weighted by molar-refractivity contribution is 8.16. The zero-order chi connectivity index (χ0) is 33.9. The van der Waals surface area contributed by atoms with Crippen LogP contribution in [0.1, 0.15) is 40.9 Å². The Morgan fingerprint density at radius 2 is 1.06 bits per heavy atom. The van der Waals surface area contributed by atoms with E-state index in [9.17, 15) is 23.0 Å². The van der Waals surface area contributed by atoms with Gasteiger partial charge in [-0.05, 0) is 79.1 Å². The maximum Gasteiger partial charge on any atom is 0.657 e. The minimum absolute atomic E-state index is 0.177. The molecule has 47 heavy (non-hydrogen) atoms. The van der Waals surface area contributed by atoms with Gasteiger partial charge >= 0.3 is 7.32 Å². The van der Waals surface area contributed by atoms with Crippen molar-refractivity contribution in [3.63, 3.8) is 0 Å². The molecule has 0 aliphatic carbocycles. The standard InChI is InChI=1S/C37H34BF3O5S/c1-36(2,45-38(43)46-47(3,44,34-12-8-5-9-13-34)26-35(42)27-10-6-4-7-11-27)37(28-14-20-31(39)21-15-28,29-16-22-32(40)23-17-29)30-18-24-33(41)25-19-30/h4-25,43H,26H2,1-3H3. The van der Waals surface area contributed by atoms with Crippen molar-refractivity contribution in [1.82, 2.24) is 0 Å². The Bertz CT molecular complexity index is 1790. The van der Waals surface area contributed by atoms with E-state index in [0.717, 1.165) is 0 Å². The van der Waals surface area contributed by atoms with Gasteiger partial charge in [-0.1, -0.05) is 84.9 Å². The number of carbonyl (C=O) groups excluding carboxylic acids is 1. The van der Waals surface area contributed by atoms with Gasteiger partial charge in [0.1, 0.15) is 23.2 Å². The van der Waals surface area contributed by atoms with Gasteiger partial charge in [-0.15, -0.1) is 0 Å². The van der Waals surface area contributed by atoms with Crippen molar-refractivity contribution in [3.05, 3.63) is 173 Å². The molecule has 0 fully saturated rings. The van der Waals surface area contributed by atoms with Crippen molar-refractivity contribution in [3.8, 4) is 0 Å². The van der Waals surface area contributed by atoms with Gasteiger partial charge < -0.3 is 9.68 Å². The van der Waals surface area contributed by atoms with Gasteiger partial charge in [-0.25, -0.2) is 17.4 Å². The zero-order valence-corrected chi connectivity index (χ0v) is 26.9. The number of halogens is 3. The molecule has 0 radical (unpaired) electrons. The Morgan fingerprint density at radius 3 is 1.47 bits per heavy atom. The predicted molar refractivity (Wildman–Crippen MR) is 178 cm³/mol. The van der Waals surface area contributed by atoms with Crippen LogP contribution in [-0.2, 0) is 23.5 Å². The van der Waals surface area contributed by atoms with E-state index in [1.807, 2.05) is 0 Å². The van der Waals surface area contributed by atoms with Crippen LogP contribution < -0.4 is 0 Å². The van der Waals surface area contributed by atoms with Crippen molar-refractivity contribution < 1.29 is 36.0 Å². The first-order valence-electron chi connectivity index (χ1n) is 14.8. The summed E-state index contributed by atoms with van der Waals surface area (Å²) in [6.07, 6.45) is 1.28. The van der Waals surface area contributed by atoms with E-state index in [4.69, 9.17) is 8.75 Å². The molecule has 0 saturated heterocycles. The van der Waals surface area contributed by atoms with E-state index in [0.29, 0.717) is 22.3 Å². The molecule has 10 heteroatoms. The van der Waals surface area contributed by atoms with Gasteiger partial charge in [0.15, 0.2) is 5.78 Å². The first-order chi connectivity index (χ1) is 22.2. The van der Waals surface area contributed by atoms with Crippen molar-refractivity contribution in [1.29, 1.82) is 0 Å². The molecule has 0 atom stereocenters. The first-order valence-corrected chi connectivity index (χ1v) is 17.3. The Morgan fingerprint density at radius 1 is 0.681 bits per heavy atom. The molecule has 0 bridgehead atoms. The molecule has 0 aliphatic rings. The number of Topliss-reactive ketones (excluding diaryl/α,β-unsaturated/α-hetero) is 1. The molecule has 5 aromatic rings.